The molecular weight excluding hydrogens is 1060 g/mol. The summed E-state index contributed by atoms with van der Waals surface area (Å²) in [5.41, 5.74) is 16.2. The molecule has 0 radical (unpaired) electrons. The summed E-state index contributed by atoms with van der Waals surface area (Å²) in [5.74, 6) is -0.800. The van der Waals surface area contributed by atoms with Crippen molar-refractivity contribution in [2.45, 2.75) is 259 Å². The molecule has 0 aliphatic carbocycles. The van der Waals surface area contributed by atoms with E-state index in [9.17, 15) is 19.2 Å². The molecule has 466 valence electrons. The molecule has 0 aliphatic rings. The maximum Gasteiger partial charge on any atom is 0.326 e. The van der Waals surface area contributed by atoms with Crippen molar-refractivity contribution < 1.29 is 19.2 Å². The fraction of sp³-hybridized carbons (Fsp3) is 0.656. The number of nitrogens with one attached hydrogen (secondary N) is 8. The third-order valence-corrected chi connectivity index (χ3v) is 15.1. The highest BCUT2D eigenvalue weighted by atomic mass is 16.2. The van der Waals surface area contributed by atoms with Crippen molar-refractivity contribution >= 4 is 71.2 Å². The average Bonchev–Trinajstić information content (AvgIpc) is 3.65. The van der Waals surface area contributed by atoms with E-state index in [1.54, 1.807) is 12.1 Å². The molecule has 8 amide bonds. The lowest BCUT2D eigenvalue weighted by molar-refractivity contribution is 0.251. The molecule has 0 saturated carbocycles. The maximum absolute atomic E-state index is 13.1. The largest absolute Gasteiger partial charge is 0.368 e. The lowest BCUT2D eigenvalue weighted by Crippen LogP contribution is -2.30. The summed E-state index contributed by atoms with van der Waals surface area (Å²) in [7, 11) is 0. The van der Waals surface area contributed by atoms with E-state index in [4.69, 9.17) is 11.5 Å². The molecule has 20 heteroatoms. The van der Waals surface area contributed by atoms with E-state index in [0.717, 1.165) is 60.8 Å². The summed E-state index contributed by atoms with van der Waals surface area (Å²) in [6.07, 6.45) is 46.8. The highest BCUT2D eigenvalue weighted by Crippen LogP contribution is 2.29. The summed E-state index contributed by atoms with van der Waals surface area (Å²) in [4.78, 5) is 75.7. The number of rotatable bonds is 45. The zero-order chi connectivity index (χ0) is 60.2. The molecule has 2 heterocycles. The first-order valence-electron chi connectivity index (χ1n) is 32.4. The zero-order valence-corrected chi connectivity index (χ0v) is 51.8. The van der Waals surface area contributed by atoms with Crippen molar-refractivity contribution in [3.8, 4) is 11.1 Å². The summed E-state index contributed by atoms with van der Waals surface area (Å²) in [6.45, 7) is 9.29. The standard InChI is InChI=1S/C64H106N16O4/c1-5-7-9-11-13-15-17-19-21-23-25-27-29-31-33-35-37-39-45-67-61(81)77-57-71-55(65)73-59(75-57)79-63(83)69-53-43-41-51(47-49(53)3)52-42-44-54(50(4)48-52)70-64(84)80-60-74-56(66)72-58(76-60)78-62(82)68-46-40-38-36-34-32-30-28-26-24-22-20-18-16-14-12-10-8-6-2/h41-44,47-48H,5-40,45-46H2,1-4H3,(H6,65,67,69,71,73,75,77,79,81,83)(H6,66,68,70,72,74,76,78,80,82,84). The van der Waals surface area contributed by atoms with Crippen LogP contribution in [-0.2, 0) is 0 Å². The summed E-state index contributed by atoms with van der Waals surface area (Å²) >= 11 is 0. The van der Waals surface area contributed by atoms with Gasteiger partial charge < -0.3 is 32.7 Å². The number of carbonyl (C=O) groups is 4. The predicted octanol–water partition coefficient (Wildman–Crippen LogP) is 17.1. The van der Waals surface area contributed by atoms with Gasteiger partial charge in [-0.25, -0.2) is 19.2 Å². The van der Waals surface area contributed by atoms with Gasteiger partial charge in [-0.15, -0.1) is 0 Å². The van der Waals surface area contributed by atoms with E-state index in [2.05, 4.69) is 86.3 Å². The van der Waals surface area contributed by atoms with Crippen LogP contribution in [0.2, 0.25) is 0 Å². The van der Waals surface area contributed by atoms with Crippen LogP contribution in [-0.4, -0.2) is 67.1 Å². The lowest BCUT2D eigenvalue weighted by atomic mass is 10.00. The molecule has 4 rings (SSSR count). The smallest absolute Gasteiger partial charge is 0.326 e. The molecule has 0 bridgehead atoms. The molecule has 4 aromatic rings. The monoisotopic (exact) mass is 1160 g/mol. The number of aryl methyl sites for hydroxylation is 2. The van der Waals surface area contributed by atoms with Gasteiger partial charge in [0.2, 0.25) is 35.7 Å². The molecule has 0 saturated heterocycles. The van der Waals surface area contributed by atoms with Gasteiger partial charge in [0, 0.05) is 24.5 Å². The number of aromatic nitrogens is 6. The second-order valence-electron chi connectivity index (χ2n) is 22.7. The number of benzene rings is 2. The van der Waals surface area contributed by atoms with Crippen LogP contribution in [0.5, 0.6) is 0 Å². The maximum atomic E-state index is 13.1. The minimum Gasteiger partial charge on any atom is -0.368 e. The number of carbonyl (C=O) groups excluding carboxylic acids is 4. The quantitative estimate of drug-likeness (QED) is 0.0185. The van der Waals surface area contributed by atoms with E-state index >= 15 is 0 Å². The van der Waals surface area contributed by atoms with E-state index in [0.29, 0.717) is 24.5 Å². The van der Waals surface area contributed by atoms with Gasteiger partial charge >= 0.3 is 24.1 Å². The van der Waals surface area contributed by atoms with Crippen LogP contribution < -0.4 is 54.0 Å². The number of hydrogen-bond acceptors (Lipinski definition) is 12. The third-order valence-electron chi connectivity index (χ3n) is 15.1. The molecule has 0 spiro atoms. The molecule has 2 aromatic carbocycles. The highest BCUT2D eigenvalue weighted by Gasteiger charge is 2.15. The van der Waals surface area contributed by atoms with E-state index in [-0.39, 0.29) is 35.7 Å². The van der Waals surface area contributed by atoms with E-state index in [1.165, 1.54) is 193 Å². The third kappa shape index (κ3) is 32.3. The number of hydrogen-bond donors (Lipinski definition) is 10. The predicted molar refractivity (Wildman–Crippen MR) is 347 cm³/mol. The van der Waals surface area contributed by atoms with Crippen molar-refractivity contribution in [2.24, 2.45) is 0 Å². The van der Waals surface area contributed by atoms with E-state index < -0.39 is 24.1 Å². The second-order valence-corrected chi connectivity index (χ2v) is 22.7. The van der Waals surface area contributed by atoms with Crippen LogP contribution in [0.25, 0.3) is 11.1 Å². The summed E-state index contributed by atoms with van der Waals surface area (Å²) in [6, 6.07) is 8.92. The first-order chi connectivity index (χ1) is 40.9. The molecule has 12 N–H and O–H groups in total. The molecule has 2 aromatic heterocycles. The van der Waals surface area contributed by atoms with Gasteiger partial charge in [0.1, 0.15) is 0 Å². The Morgan fingerprint density at radius 3 is 0.810 bits per heavy atom. The van der Waals surface area contributed by atoms with Gasteiger partial charge in [-0.05, 0) is 73.2 Å². The Balaban J connectivity index is 1.07. The van der Waals surface area contributed by atoms with Gasteiger partial charge in [0.05, 0.1) is 0 Å². The average molecular weight is 1160 g/mol. The van der Waals surface area contributed by atoms with Gasteiger partial charge in [-0.1, -0.05) is 244 Å². The SMILES string of the molecule is CCCCCCCCCCCCCCCCCCCCNC(=O)Nc1nc(N)nc(NC(=O)Nc2ccc(-c3ccc(NC(=O)Nc4nc(N)nc(NC(=O)NCCCCCCCCCCCCCCCCCCCC)n4)c(C)c3)cc2C)n1. The fourth-order valence-electron chi connectivity index (χ4n) is 10.2. The van der Waals surface area contributed by atoms with Gasteiger partial charge in [0.15, 0.2) is 0 Å². The van der Waals surface area contributed by atoms with Crippen LogP contribution >= 0.6 is 0 Å². The Bertz CT molecular complexity index is 2330. The van der Waals surface area contributed by atoms with Gasteiger partial charge in [-0.2, -0.15) is 29.9 Å². The molecule has 0 atom stereocenters. The minimum absolute atomic E-state index is 0.0942. The molecule has 84 heavy (non-hydrogen) atoms. The number of amides is 8. The Kier molecular flexibility index (Phi) is 36.3. The first-order valence-corrected chi connectivity index (χ1v) is 32.4. The van der Waals surface area contributed by atoms with Crippen molar-refractivity contribution in [3.63, 3.8) is 0 Å². The number of nitrogens with two attached hydrogens (primary N) is 2. The molecule has 20 nitrogen and oxygen atoms in total. The van der Waals surface area contributed by atoms with Crippen LogP contribution in [0.15, 0.2) is 36.4 Å². The van der Waals surface area contributed by atoms with Crippen molar-refractivity contribution in [1.82, 2.24) is 40.5 Å². The zero-order valence-electron chi connectivity index (χ0n) is 51.8. The van der Waals surface area contributed by atoms with Gasteiger partial charge in [0.25, 0.3) is 0 Å². The molecule has 0 aliphatic heterocycles. The van der Waals surface area contributed by atoms with Crippen LogP contribution in [0.3, 0.4) is 0 Å². The van der Waals surface area contributed by atoms with Crippen molar-refractivity contribution in [1.29, 1.82) is 0 Å². The van der Waals surface area contributed by atoms with Gasteiger partial charge in [-0.3, -0.25) is 21.3 Å². The summed E-state index contributed by atoms with van der Waals surface area (Å²) in [5, 5.41) is 21.6. The number of anilines is 8. The van der Waals surface area contributed by atoms with Crippen LogP contribution in [0, 0.1) is 13.8 Å². The number of nitrogen functional groups attached to an aromatic ring is 2. The van der Waals surface area contributed by atoms with E-state index in [1.807, 2.05) is 38.1 Å². The Morgan fingerprint density at radius 1 is 0.321 bits per heavy atom. The fourth-order valence-corrected chi connectivity index (χ4v) is 10.2. The van der Waals surface area contributed by atoms with Crippen LogP contribution in [0.4, 0.5) is 66.2 Å². The normalized spacial score (nSPS) is 11.0. The topological polar surface area (TPSA) is 294 Å². The van der Waals surface area contributed by atoms with Crippen molar-refractivity contribution in [2.75, 3.05) is 56.5 Å². The highest BCUT2D eigenvalue weighted by molar-refractivity contribution is 6.00. The number of unbranched alkanes of at least 4 members (excludes halogenated alkanes) is 34. The van der Waals surface area contributed by atoms with Crippen molar-refractivity contribution in [3.05, 3.63) is 47.5 Å². The second kappa shape index (κ2) is 43.7. The van der Waals surface area contributed by atoms with Crippen LogP contribution in [0.1, 0.15) is 256 Å². The Hall–Kier alpha value is -6.86. The molecular formula is C64H106N16O4. The molecule has 0 fully saturated rings. The number of nitrogens with zero attached hydrogens (tertiary/aromatic N) is 6. The molecule has 0 unspecified atom stereocenters. The Labute approximate surface area is 502 Å². The lowest BCUT2D eigenvalue weighted by Gasteiger charge is -2.14. The summed E-state index contributed by atoms with van der Waals surface area (Å²) < 4.78 is 0. The number of urea groups is 4. The first kappa shape index (κ1) is 69.6. The Morgan fingerprint density at radius 2 is 0.560 bits per heavy atom. The minimum atomic E-state index is -0.621.